The second-order valence-corrected chi connectivity index (χ2v) is 7.51. The highest BCUT2D eigenvalue weighted by Gasteiger charge is 2.26. The molecule has 0 saturated carbocycles. The van der Waals surface area contributed by atoms with Gasteiger partial charge in [-0.25, -0.2) is 8.42 Å². The molecule has 0 saturated heterocycles. The van der Waals surface area contributed by atoms with Crippen LogP contribution in [0.4, 0.5) is 11.4 Å². The summed E-state index contributed by atoms with van der Waals surface area (Å²) in [6.07, 6.45) is 0.200. The van der Waals surface area contributed by atoms with Gasteiger partial charge in [-0.1, -0.05) is 0 Å². The van der Waals surface area contributed by atoms with Crippen LogP contribution in [0.1, 0.15) is 12.5 Å². The summed E-state index contributed by atoms with van der Waals surface area (Å²) in [5, 5.41) is 0. The normalized spacial score (nSPS) is 13.5. The van der Waals surface area contributed by atoms with E-state index < -0.39 is 10.0 Å². The number of hydrogen-bond acceptors (Lipinski definition) is 5. The van der Waals surface area contributed by atoms with E-state index in [0.717, 1.165) is 5.69 Å². The van der Waals surface area contributed by atoms with Gasteiger partial charge in [0, 0.05) is 18.8 Å². The minimum absolute atomic E-state index is 0.0567. The summed E-state index contributed by atoms with van der Waals surface area (Å²) in [6.45, 7) is 2.33. The van der Waals surface area contributed by atoms with Crippen molar-refractivity contribution in [1.29, 1.82) is 0 Å². The summed E-state index contributed by atoms with van der Waals surface area (Å²) in [6, 6.07) is 9.49. The first kappa shape index (κ1) is 18.1. The van der Waals surface area contributed by atoms with Gasteiger partial charge < -0.3 is 14.4 Å². The van der Waals surface area contributed by atoms with E-state index in [4.69, 9.17) is 9.47 Å². The van der Waals surface area contributed by atoms with Gasteiger partial charge in [0.15, 0.2) is 11.5 Å². The maximum Gasteiger partial charge on any atom is 0.261 e. The average molecular weight is 376 g/mol. The summed E-state index contributed by atoms with van der Waals surface area (Å²) in [7, 11) is -0.633. The van der Waals surface area contributed by atoms with Crippen molar-refractivity contribution in [2.24, 2.45) is 0 Å². The van der Waals surface area contributed by atoms with Gasteiger partial charge >= 0.3 is 0 Å². The molecule has 1 heterocycles. The molecule has 0 aromatic heterocycles. The van der Waals surface area contributed by atoms with Crippen molar-refractivity contribution in [3.05, 3.63) is 42.0 Å². The first-order chi connectivity index (χ1) is 12.4. The molecule has 1 aliphatic heterocycles. The Morgan fingerprint density at radius 2 is 1.92 bits per heavy atom. The van der Waals surface area contributed by atoms with Gasteiger partial charge in [0.2, 0.25) is 5.91 Å². The van der Waals surface area contributed by atoms with E-state index in [2.05, 4.69) is 4.72 Å². The molecule has 0 spiro atoms. The fraction of sp³-hybridized carbons (Fsp3) is 0.278. The van der Waals surface area contributed by atoms with Gasteiger partial charge in [-0.3, -0.25) is 9.52 Å². The molecule has 1 N–H and O–H groups in total. The molecule has 2 aromatic carbocycles. The molecule has 8 heteroatoms. The number of fused-ring (bicyclic) bond motifs is 1. The Bertz CT molecular complexity index is 956. The molecule has 0 bridgehead atoms. The van der Waals surface area contributed by atoms with Crippen LogP contribution in [0, 0.1) is 0 Å². The van der Waals surface area contributed by atoms with Crippen molar-refractivity contribution in [2.45, 2.75) is 18.2 Å². The summed E-state index contributed by atoms with van der Waals surface area (Å²) in [5.74, 6) is 0.920. The molecule has 0 radical (unpaired) electrons. The fourth-order valence-corrected chi connectivity index (χ4v) is 3.93. The highest BCUT2D eigenvalue weighted by molar-refractivity contribution is 7.92. The number of nitrogens with zero attached hydrogens (tertiary/aromatic N) is 1. The van der Waals surface area contributed by atoms with Crippen LogP contribution < -0.4 is 19.1 Å². The smallest absolute Gasteiger partial charge is 0.261 e. The molecule has 0 fully saturated rings. The molecule has 7 nitrogen and oxygen atoms in total. The number of methoxy groups -OCH3 is 1. The van der Waals surface area contributed by atoms with Crippen LogP contribution in [0.25, 0.3) is 0 Å². The number of rotatable bonds is 6. The predicted octanol–water partition coefficient (Wildman–Crippen LogP) is 2.41. The number of carbonyl (C=O) groups is 1. The molecule has 1 aliphatic rings. The predicted molar refractivity (Wildman–Crippen MR) is 98.5 cm³/mol. The number of amides is 1. The molecule has 138 valence electrons. The van der Waals surface area contributed by atoms with E-state index in [1.165, 1.54) is 24.1 Å². The Labute approximate surface area is 152 Å². The Hall–Kier alpha value is -2.74. The molecule has 0 aliphatic carbocycles. The number of sulfonamides is 1. The first-order valence-electron chi connectivity index (χ1n) is 8.09. The van der Waals surface area contributed by atoms with Crippen LogP contribution in [0.3, 0.4) is 0 Å². The molecular weight excluding hydrogens is 356 g/mol. The van der Waals surface area contributed by atoms with Gasteiger partial charge in [0.1, 0.15) is 0 Å². The first-order valence-corrected chi connectivity index (χ1v) is 9.57. The van der Waals surface area contributed by atoms with Crippen molar-refractivity contribution in [2.75, 3.05) is 30.4 Å². The molecule has 1 amide bonds. The number of anilines is 2. The molecular formula is C18H20N2O5S. The fourth-order valence-electron chi connectivity index (χ4n) is 2.83. The second kappa shape index (κ2) is 6.87. The van der Waals surface area contributed by atoms with Crippen molar-refractivity contribution < 1.29 is 22.7 Å². The largest absolute Gasteiger partial charge is 0.493 e. The van der Waals surface area contributed by atoms with Crippen LogP contribution in [0.2, 0.25) is 0 Å². The lowest BCUT2D eigenvalue weighted by Crippen LogP contribution is -2.20. The van der Waals surface area contributed by atoms with Gasteiger partial charge in [0.25, 0.3) is 10.0 Å². The minimum atomic E-state index is -3.80. The Kier molecular flexibility index (Phi) is 4.78. The third-order valence-electron chi connectivity index (χ3n) is 4.15. The molecule has 2 aromatic rings. The van der Waals surface area contributed by atoms with Crippen LogP contribution in [-0.2, 0) is 21.2 Å². The minimum Gasteiger partial charge on any atom is -0.493 e. The maximum absolute atomic E-state index is 12.7. The lowest BCUT2D eigenvalue weighted by atomic mass is 10.2. The number of ether oxygens (including phenoxy) is 2. The topological polar surface area (TPSA) is 84.9 Å². The number of likely N-dealkylation sites (N-methyl/N-ethyl adjacent to an activating group) is 1. The highest BCUT2D eigenvalue weighted by Crippen LogP contribution is 2.33. The van der Waals surface area contributed by atoms with Crippen molar-refractivity contribution >= 4 is 27.3 Å². The SMILES string of the molecule is CCOc1ccc(NS(=O)(=O)c2ccc3c(c2)CC(=O)N3C)cc1OC. The van der Waals surface area contributed by atoms with Gasteiger partial charge in [0.05, 0.1) is 30.7 Å². The third kappa shape index (κ3) is 3.32. The summed E-state index contributed by atoms with van der Waals surface area (Å²) in [5.41, 5.74) is 1.79. The quantitative estimate of drug-likeness (QED) is 0.837. The second-order valence-electron chi connectivity index (χ2n) is 5.82. The lowest BCUT2D eigenvalue weighted by Gasteiger charge is -2.14. The van der Waals surface area contributed by atoms with Crippen LogP contribution in [0.5, 0.6) is 11.5 Å². The highest BCUT2D eigenvalue weighted by atomic mass is 32.2. The van der Waals surface area contributed by atoms with E-state index in [9.17, 15) is 13.2 Å². The molecule has 0 unspecified atom stereocenters. The maximum atomic E-state index is 12.7. The Morgan fingerprint density at radius 1 is 1.15 bits per heavy atom. The van der Waals surface area contributed by atoms with Crippen molar-refractivity contribution in [3.63, 3.8) is 0 Å². The number of hydrogen-bond donors (Lipinski definition) is 1. The molecule has 0 atom stereocenters. The lowest BCUT2D eigenvalue weighted by molar-refractivity contribution is -0.117. The van der Waals surface area contributed by atoms with Crippen LogP contribution >= 0.6 is 0 Å². The molecule has 3 rings (SSSR count). The van der Waals surface area contributed by atoms with Crippen LogP contribution in [0.15, 0.2) is 41.3 Å². The van der Waals surface area contributed by atoms with E-state index in [1.54, 1.807) is 31.3 Å². The average Bonchev–Trinajstić information content (AvgIpc) is 2.90. The zero-order valence-electron chi connectivity index (χ0n) is 14.8. The van der Waals surface area contributed by atoms with E-state index >= 15 is 0 Å². The summed E-state index contributed by atoms with van der Waals surface area (Å²) < 4.78 is 38.6. The zero-order chi connectivity index (χ0) is 18.9. The van der Waals surface area contributed by atoms with Crippen molar-refractivity contribution in [1.82, 2.24) is 0 Å². The molecule has 26 heavy (non-hydrogen) atoms. The number of benzene rings is 2. The van der Waals surface area contributed by atoms with Gasteiger partial charge in [-0.05, 0) is 42.8 Å². The van der Waals surface area contributed by atoms with E-state index in [0.29, 0.717) is 29.4 Å². The monoisotopic (exact) mass is 376 g/mol. The van der Waals surface area contributed by atoms with E-state index in [1.807, 2.05) is 6.92 Å². The third-order valence-corrected chi connectivity index (χ3v) is 5.53. The van der Waals surface area contributed by atoms with Crippen LogP contribution in [-0.4, -0.2) is 35.1 Å². The van der Waals surface area contributed by atoms with Gasteiger partial charge in [-0.2, -0.15) is 0 Å². The summed E-state index contributed by atoms with van der Waals surface area (Å²) in [4.78, 5) is 13.4. The van der Waals surface area contributed by atoms with E-state index in [-0.39, 0.29) is 17.2 Å². The Balaban J connectivity index is 1.88. The number of nitrogens with one attached hydrogen (secondary N) is 1. The summed E-state index contributed by atoms with van der Waals surface area (Å²) >= 11 is 0. The van der Waals surface area contributed by atoms with Gasteiger partial charge in [-0.15, -0.1) is 0 Å². The van der Waals surface area contributed by atoms with Crippen molar-refractivity contribution in [3.8, 4) is 11.5 Å². The Morgan fingerprint density at radius 3 is 2.62 bits per heavy atom. The zero-order valence-corrected chi connectivity index (χ0v) is 15.6. The standard InChI is InChI=1S/C18H20N2O5S/c1-4-25-16-8-5-13(11-17(16)24-3)19-26(22,23)14-6-7-15-12(9-14)10-18(21)20(15)2/h5-9,11,19H,4,10H2,1-3H3. The number of carbonyl (C=O) groups excluding carboxylic acids is 1.